The lowest BCUT2D eigenvalue weighted by molar-refractivity contribution is -0.126. The van der Waals surface area contributed by atoms with Gasteiger partial charge in [0, 0.05) is 18.3 Å². The van der Waals surface area contributed by atoms with Crippen molar-refractivity contribution in [1.29, 1.82) is 0 Å². The molecule has 0 saturated heterocycles. The van der Waals surface area contributed by atoms with Crippen LogP contribution in [0.2, 0.25) is 0 Å². The number of hydrogen-bond donors (Lipinski definition) is 1. The van der Waals surface area contributed by atoms with Gasteiger partial charge in [0.25, 0.3) is 5.91 Å². The first-order valence-electron chi connectivity index (χ1n) is 6.89. The van der Waals surface area contributed by atoms with Crippen molar-refractivity contribution in [2.24, 2.45) is 0 Å². The topological polar surface area (TPSA) is 55.6 Å². The molecule has 108 valence electrons. The predicted octanol–water partition coefficient (Wildman–Crippen LogP) is 2.98. The predicted molar refractivity (Wildman–Crippen MR) is 83.5 cm³/mol. The highest BCUT2D eigenvalue weighted by atomic mass is 16.5. The summed E-state index contributed by atoms with van der Waals surface area (Å²) in [6.45, 7) is 3.93. The zero-order valence-corrected chi connectivity index (χ0v) is 12.4. The molecule has 1 amide bonds. The van der Waals surface area contributed by atoms with Crippen molar-refractivity contribution in [3.05, 3.63) is 53.1 Å². The van der Waals surface area contributed by atoms with Crippen molar-refractivity contribution >= 4 is 17.3 Å². The number of ether oxygens (including phenoxy) is 1. The van der Waals surface area contributed by atoms with Gasteiger partial charge in [-0.05, 0) is 31.0 Å². The minimum absolute atomic E-state index is 0.0867. The SMILES string of the molecule is Cc1c(N)cc2c(c1C)OC(c1ccccc1)C(=O)N2C. The Bertz CT molecular complexity index is 710. The van der Waals surface area contributed by atoms with Crippen molar-refractivity contribution in [1.82, 2.24) is 0 Å². The first-order valence-corrected chi connectivity index (χ1v) is 6.89. The highest BCUT2D eigenvalue weighted by Crippen LogP contribution is 2.43. The summed E-state index contributed by atoms with van der Waals surface area (Å²) in [4.78, 5) is 14.2. The minimum atomic E-state index is -0.606. The van der Waals surface area contributed by atoms with Crippen molar-refractivity contribution in [3.63, 3.8) is 0 Å². The van der Waals surface area contributed by atoms with E-state index in [1.165, 1.54) is 0 Å². The molecule has 4 nitrogen and oxygen atoms in total. The molecule has 0 bridgehead atoms. The molecule has 2 aromatic rings. The van der Waals surface area contributed by atoms with Gasteiger partial charge in [0.2, 0.25) is 6.10 Å². The van der Waals surface area contributed by atoms with Crippen molar-refractivity contribution < 1.29 is 9.53 Å². The van der Waals surface area contributed by atoms with Crippen LogP contribution >= 0.6 is 0 Å². The van der Waals surface area contributed by atoms with Crippen LogP contribution in [0.1, 0.15) is 22.8 Å². The van der Waals surface area contributed by atoms with Crippen LogP contribution in [0.25, 0.3) is 0 Å². The van der Waals surface area contributed by atoms with E-state index in [0.29, 0.717) is 5.69 Å². The zero-order chi connectivity index (χ0) is 15.1. The summed E-state index contributed by atoms with van der Waals surface area (Å²) in [7, 11) is 1.76. The van der Waals surface area contributed by atoms with Gasteiger partial charge in [0.05, 0.1) is 5.69 Å². The number of nitrogens with zero attached hydrogens (tertiary/aromatic N) is 1. The number of hydrogen-bond acceptors (Lipinski definition) is 3. The summed E-state index contributed by atoms with van der Waals surface area (Å²) in [6.07, 6.45) is -0.606. The highest BCUT2D eigenvalue weighted by molar-refractivity contribution is 6.01. The van der Waals surface area contributed by atoms with Crippen LogP contribution in [0.15, 0.2) is 36.4 Å². The van der Waals surface area contributed by atoms with Crippen molar-refractivity contribution in [2.45, 2.75) is 20.0 Å². The third-order valence-corrected chi connectivity index (χ3v) is 4.12. The average molecular weight is 282 g/mol. The van der Waals surface area contributed by atoms with Gasteiger partial charge < -0.3 is 15.4 Å². The smallest absolute Gasteiger partial charge is 0.272 e. The molecule has 1 atom stereocenters. The monoisotopic (exact) mass is 282 g/mol. The molecule has 1 aliphatic heterocycles. The summed E-state index contributed by atoms with van der Waals surface area (Å²) < 4.78 is 6.02. The molecule has 1 heterocycles. The number of carbonyl (C=O) groups is 1. The summed E-state index contributed by atoms with van der Waals surface area (Å²) in [6, 6.07) is 11.3. The van der Waals surface area contributed by atoms with E-state index in [1.54, 1.807) is 18.0 Å². The van der Waals surface area contributed by atoms with Crippen LogP contribution in [-0.2, 0) is 4.79 Å². The Morgan fingerprint density at radius 1 is 1.14 bits per heavy atom. The van der Waals surface area contributed by atoms with E-state index in [-0.39, 0.29) is 5.91 Å². The third-order valence-electron chi connectivity index (χ3n) is 4.12. The van der Waals surface area contributed by atoms with Crippen molar-refractivity contribution in [3.8, 4) is 5.75 Å². The highest BCUT2D eigenvalue weighted by Gasteiger charge is 2.34. The van der Waals surface area contributed by atoms with Gasteiger partial charge in [0.15, 0.2) is 0 Å². The second-order valence-electron chi connectivity index (χ2n) is 5.37. The number of fused-ring (bicyclic) bond motifs is 1. The van der Waals surface area contributed by atoms with Crippen molar-refractivity contribution in [2.75, 3.05) is 17.7 Å². The van der Waals surface area contributed by atoms with E-state index < -0.39 is 6.10 Å². The van der Waals surface area contributed by atoms with Crippen LogP contribution in [0.5, 0.6) is 5.75 Å². The molecule has 1 unspecified atom stereocenters. The number of likely N-dealkylation sites (N-methyl/N-ethyl adjacent to an activating group) is 1. The molecule has 2 N–H and O–H groups in total. The fourth-order valence-corrected chi connectivity index (χ4v) is 2.60. The molecule has 2 aromatic carbocycles. The maximum atomic E-state index is 12.6. The molecule has 0 fully saturated rings. The second kappa shape index (κ2) is 4.81. The minimum Gasteiger partial charge on any atom is -0.473 e. The quantitative estimate of drug-likeness (QED) is 0.818. The second-order valence-corrected chi connectivity index (χ2v) is 5.37. The Balaban J connectivity index is 2.13. The van der Waals surface area contributed by atoms with Gasteiger partial charge in [0.1, 0.15) is 5.75 Å². The molecule has 0 aromatic heterocycles. The van der Waals surface area contributed by atoms with Gasteiger partial charge in [-0.3, -0.25) is 4.79 Å². The van der Waals surface area contributed by atoms with Gasteiger partial charge in [-0.1, -0.05) is 30.3 Å². The lowest BCUT2D eigenvalue weighted by atomic mass is 10.0. The van der Waals surface area contributed by atoms with Gasteiger partial charge in [-0.15, -0.1) is 0 Å². The van der Waals surface area contributed by atoms with E-state index in [4.69, 9.17) is 10.5 Å². The lowest BCUT2D eigenvalue weighted by Crippen LogP contribution is -2.38. The van der Waals surface area contributed by atoms with E-state index in [0.717, 1.165) is 28.1 Å². The number of nitrogen functional groups attached to an aromatic ring is 1. The molecule has 21 heavy (non-hydrogen) atoms. The number of carbonyl (C=O) groups excluding carboxylic acids is 1. The number of anilines is 2. The third kappa shape index (κ3) is 2.03. The largest absolute Gasteiger partial charge is 0.473 e. The number of rotatable bonds is 1. The van der Waals surface area contributed by atoms with Gasteiger partial charge >= 0.3 is 0 Å². The lowest BCUT2D eigenvalue weighted by Gasteiger charge is -2.34. The molecule has 0 radical (unpaired) electrons. The number of amides is 1. The van der Waals surface area contributed by atoms with Crippen LogP contribution in [0.3, 0.4) is 0 Å². The molecular weight excluding hydrogens is 264 g/mol. The summed E-state index contributed by atoms with van der Waals surface area (Å²) in [5.74, 6) is 0.647. The van der Waals surface area contributed by atoms with Crippen LogP contribution in [-0.4, -0.2) is 13.0 Å². The van der Waals surface area contributed by atoms with E-state index in [1.807, 2.05) is 44.2 Å². The average Bonchev–Trinajstić information content (AvgIpc) is 2.50. The van der Waals surface area contributed by atoms with Crippen LogP contribution in [0, 0.1) is 13.8 Å². The zero-order valence-electron chi connectivity index (χ0n) is 12.4. The first-order chi connectivity index (χ1) is 10.0. The Labute approximate surface area is 124 Å². The fraction of sp³-hybridized carbons (Fsp3) is 0.235. The number of nitrogens with two attached hydrogens (primary N) is 1. The van der Waals surface area contributed by atoms with Gasteiger partial charge in [-0.25, -0.2) is 0 Å². The molecule has 4 heteroatoms. The van der Waals surface area contributed by atoms with E-state index in [2.05, 4.69) is 0 Å². The molecule has 3 rings (SSSR count). The maximum Gasteiger partial charge on any atom is 0.272 e. The first kappa shape index (κ1) is 13.5. The maximum absolute atomic E-state index is 12.6. The van der Waals surface area contributed by atoms with Gasteiger partial charge in [-0.2, -0.15) is 0 Å². The molecule has 1 aliphatic rings. The molecule has 0 saturated carbocycles. The van der Waals surface area contributed by atoms with E-state index >= 15 is 0 Å². The molecular formula is C17H18N2O2. The summed E-state index contributed by atoms with van der Waals surface area (Å²) >= 11 is 0. The Hall–Kier alpha value is -2.49. The summed E-state index contributed by atoms with van der Waals surface area (Å²) in [5, 5.41) is 0. The van der Waals surface area contributed by atoms with Crippen LogP contribution < -0.4 is 15.4 Å². The number of benzene rings is 2. The molecule has 0 aliphatic carbocycles. The fourth-order valence-electron chi connectivity index (χ4n) is 2.60. The molecule has 0 spiro atoms. The summed E-state index contributed by atoms with van der Waals surface area (Å²) in [5.41, 5.74) is 10.2. The standard InChI is InChI=1S/C17H18N2O2/c1-10-11(2)15-14(9-13(10)18)19(3)17(20)16(21-15)12-7-5-4-6-8-12/h4-9,16H,18H2,1-3H3. The Morgan fingerprint density at radius 2 is 1.81 bits per heavy atom. The van der Waals surface area contributed by atoms with E-state index in [9.17, 15) is 4.79 Å². The Kier molecular flexibility index (Phi) is 3.09. The van der Waals surface area contributed by atoms with Crippen LogP contribution in [0.4, 0.5) is 11.4 Å². The normalized spacial score (nSPS) is 17.4. The Morgan fingerprint density at radius 3 is 2.48 bits per heavy atom.